The van der Waals surface area contributed by atoms with Gasteiger partial charge in [-0.2, -0.15) is 0 Å². The van der Waals surface area contributed by atoms with E-state index in [4.69, 9.17) is 0 Å². The summed E-state index contributed by atoms with van der Waals surface area (Å²) in [4.78, 5) is 42.5. The van der Waals surface area contributed by atoms with Gasteiger partial charge in [0, 0.05) is 56.6 Å². The summed E-state index contributed by atoms with van der Waals surface area (Å²) in [6.45, 7) is 6.50. The van der Waals surface area contributed by atoms with Crippen molar-refractivity contribution in [2.45, 2.75) is 65.0 Å². The van der Waals surface area contributed by atoms with Gasteiger partial charge in [0.25, 0.3) is 5.91 Å². The number of urea groups is 1. The van der Waals surface area contributed by atoms with E-state index in [2.05, 4.69) is 20.9 Å². The second-order valence-electron chi connectivity index (χ2n) is 10.9. The van der Waals surface area contributed by atoms with Crippen LogP contribution in [0.2, 0.25) is 0 Å². The van der Waals surface area contributed by atoms with Crippen molar-refractivity contribution < 1.29 is 18.8 Å². The number of amides is 4. The van der Waals surface area contributed by atoms with Crippen LogP contribution in [0.25, 0.3) is 0 Å². The van der Waals surface area contributed by atoms with E-state index in [1.54, 1.807) is 18.2 Å². The molecule has 1 saturated carbocycles. The van der Waals surface area contributed by atoms with Crippen LogP contribution in [0.1, 0.15) is 68.3 Å². The lowest BCUT2D eigenvalue weighted by molar-refractivity contribution is -0.116. The molecule has 8 nitrogen and oxygen atoms in total. The summed E-state index contributed by atoms with van der Waals surface area (Å²) in [7, 11) is 0. The molecule has 0 radical (unpaired) electrons. The molecule has 0 spiro atoms. The molecule has 0 unspecified atom stereocenters. The fourth-order valence-electron chi connectivity index (χ4n) is 5.20. The van der Waals surface area contributed by atoms with Crippen LogP contribution in [0.3, 0.4) is 0 Å². The number of anilines is 2. The third kappa shape index (κ3) is 8.18. The fourth-order valence-corrected chi connectivity index (χ4v) is 5.20. The summed E-state index contributed by atoms with van der Waals surface area (Å²) in [5.74, 6) is -0.502. The highest BCUT2D eigenvalue weighted by Crippen LogP contribution is 2.27. The van der Waals surface area contributed by atoms with Gasteiger partial charge in [-0.1, -0.05) is 45.2 Å². The van der Waals surface area contributed by atoms with Crippen LogP contribution in [-0.4, -0.2) is 55.0 Å². The van der Waals surface area contributed by atoms with Gasteiger partial charge in [0.05, 0.1) is 5.56 Å². The Morgan fingerprint density at radius 1 is 0.949 bits per heavy atom. The Hall–Kier alpha value is -3.62. The van der Waals surface area contributed by atoms with Crippen molar-refractivity contribution in [3.63, 3.8) is 0 Å². The van der Waals surface area contributed by atoms with Crippen molar-refractivity contribution in [3.8, 4) is 0 Å². The average molecular weight is 538 g/mol. The second-order valence-corrected chi connectivity index (χ2v) is 10.9. The first-order valence-corrected chi connectivity index (χ1v) is 14.1. The Morgan fingerprint density at radius 2 is 1.64 bits per heavy atom. The first-order valence-electron chi connectivity index (χ1n) is 14.1. The number of halogens is 1. The van der Waals surface area contributed by atoms with Crippen LogP contribution in [0, 0.1) is 11.7 Å². The van der Waals surface area contributed by atoms with E-state index >= 15 is 0 Å². The van der Waals surface area contributed by atoms with Gasteiger partial charge in [-0.15, -0.1) is 0 Å². The highest BCUT2D eigenvalue weighted by molar-refractivity contribution is 6.02. The molecular formula is C30H40FN5O3. The third-order valence-corrected chi connectivity index (χ3v) is 7.33. The molecule has 4 amide bonds. The molecule has 1 saturated heterocycles. The van der Waals surface area contributed by atoms with Crippen molar-refractivity contribution in [2.75, 3.05) is 36.4 Å². The molecule has 2 aromatic rings. The van der Waals surface area contributed by atoms with Gasteiger partial charge < -0.3 is 25.8 Å². The SMILES string of the molecule is CC(C)CC(=O)Nc1ccc(N2CCN(C(=O)NC3CCCCC3)CC2)c(C(=O)NCc2ccc(F)cc2)c1. The molecule has 2 fully saturated rings. The summed E-state index contributed by atoms with van der Waals surface area (Å²) in [6, 6.07) is 11.6. The molecule has 0 aromatic heterocycles. The van der Waals surface area contributed by atoms with Crippen LogP contribution in [0.4, 0.5) is 20.6 Å². The number of carbonyl (C=O) groups is 3. The van der Waals surface area contributed by atoms with E-state index in [0.29, 0.717) is 43.9 Å². The maximum Gasteiger partial charge on any atom is 0.317 e. The number of piperazine rings is 1. The van der Waals surface area contributed by atoms with Crippen molar-refractivity contribution in [2.24, 2.45) is 5.92 Å². The monoisotopic (exact) mass is 537 g/mol. The van der Waals surface area contributed by atoms with Crippen molar-refractivity contribution in [3.05, 3.63) is 59.4 Å². The standard InChI is InChI=1S/C30H40FN5O3/c1-21(2)18-28(37)33-25-12-13-27(26(19-25)29(38)32-20-22-8-10-23(31)11-9-22)35-14-16-36(17-15-35)30(39)34-24-6-4-3-5-7-24/h8-13,19,21,24H,3-7,14-18,20H2,1-2H3,(H,32,38)(H,33,37)(H,34,39). The number of hydrogen-bond donors (Lipinski definition) is 3. The second kappa shape index (κ2) is 13.4. The Morgan fingerprint density at radius 3 is 2.31 bits per heavy atom. The number of carbonyl (C=O) groups excluding carboxylic acids is 3. The number of nitrogens with zero attached hydrogens (tertiary/aromatic N) is 2. The molecule has 0 bridgehead atoms. The maximum atomic E-state index is 13.4. The lowest BCUT2D eigenvalue weighted by atomic mass is 9.96. The molecule has 9 heteroatoms. The number of benzene rings is 2. The van der Waals surface area contributed by atoms with Crippen LogP contribution in [-0.2, 0) is 11.3 Å². The van der Waals surface area contributed by atoms with Gasteiger partial charge in [-0.25, -0.2) is 9.18 Å². The lowest BCUT2D eigenvalue weighted by Crippen LogP contribution is -2.54. The minimum Gasteiger partial charge on any atom is -0.367 e. The van der Waals surface area contributed by atoms with Gasteiger partial charge in [-0.3, -0.25) is 9.59 Å². The fraction of sp³-hybridized carbons (Fsp3) is 0.500. The molecule has 39 heavy (non-hydrogen) atoms. The third-order valence-electron chi connectivity index (χ3n) is 7.33. The Kier molecular flexibility index (Phi) is 9.79. The van der Waals surface area contributed by atoms with Crippen molar-refractivity contribution >= 4 is 29.2 Å². The predicted octanol–water partition coefficient (Wildman–Crippen LogP) is 4.90. The summed E-state index contributed by atoms with van der Waals surface area (Å²) < 4.78 is 13.3. The van der Waals surface area contributed by atoms with Gasteiger partial charge in [-0.05, 0) is 54.7 Å². The van der Waals surface area contributed by atoms with Crippen molar-refractivity contribution in [1.29, 1.82) is 0 Å². The lowest BCUT2D eigenvalue weighted by Gasteiger charge is -2.37. The van der Waals surface area contributed by atoms with Crippen LogP contribution >= 0.6 is 0 Å². The zero-order valence-corrected chi connectivity index (χ0v) is 23.0. The molecule has 2 aliphatic rings. The van der Waals surface area contributed by atoms with Crippen molar-refractivity contribution in [1.82, 2.24) is 15.5 Å². The topological polar surface area (TPSA) is 93.8 Å². The molecule has 4 rings (SSSR count). The molecule has 0 atom stereocenters. The molecule has 210 valence electrons. The van der Waals surface area contributed by atoms with E-state index in [0.717, 1.165) is 24.1 Å². The molecule has 2 aromatic carbocycles. The van der Waals surface area contributed by atoms with Gasteiger partial charge in [0.2, 0.25) is 5.91 Å². The average Bonchev–Trinajstić information content (AvgIpc) is 2.92. The highest BCUT2D eigenvalue weighted by atomic mass is 19.1. The molecule has 1 aliphatic heterocycles. The summed E-state index contributed by atoms with van der Waals surface area (Å²) in [5, 5.41) is 9.01. The normalized spacial score (nSPS) is 16.2. The molecular weight excluding hydrogens is 497 g/mol. The zero-order valence-electron chi connectivity index (χ0n) is 23.0. The van der Waals surface area contributed by atoms with Crippen LogP contribution in [0.15, 0.2) is 42.5 Å². The maximum absolute atomic E-state index is 13.4. The number of rotatable bonds is 8. The quantitative estimate of drug-likeness (QED) is 0.446. The van der Waals surface area contributed by atoms with Gasteiger partial charge in [0.1, 0.15) is 5.82 Å². The Bertz CT molecular complexity index is 1140. The Labute approximate surface area is 230 Å². The summed E-state index contributed by atoms with van der Waals surface area (Å²) in [6.07, 6.45) is 6.05. The molecule has 1 aliphatic carbocycles. The largest absolute Gasteiger partial charge is 0.367 e. The van der Waals surface area contributed by atoms with E-state index in [1.165, 1.54) is 31.4 Å². The number of nitrogens with one attached hydrogen (secondary N) is 3. The van der Waals surface area contributed by atoms with Crippen LogP contribution in [0.5, 0.6) is 0 Å². The predicted molar refractivity (Wildman–Crippen MR) is 151 cm³/mol. The molecule has 3 N–H and O–H groups in total. The smallest absolute Gasteiger partial charge is 0.317 e. The first kappa shape index (κ1) is 28.4. The van der Waals surface area contributed by atoms with Crippen LogP contribution < -0.4 is 20.9 Å². The van der Waals surface area contributed by atoms with Gasteiger partial charge in [0.15, 0.2) is 0 Å². The Balaban J connectivity index is 1.44. The minimum absolute atomic E-state index is 0.0120. The first-order chi connectivity index (χ1) is 18.8. The number of hydrogen-bond acceptors (Lipinski definition) is 4. The zero-order chi connectivity index (χ0) is 27.8. The minimum atomic E-state index is -0.330. The molecule has 1 heterocycles. The van der Waals surface area contributed by atoms with E-state index in [-0.39, 0.29) is 42.2 Å². The van der Waals surface area contributed by atoms with E-state index < -0.39 is 0 Å². The summed E-state index contributed by atoms with van der Waals surface area (Å²) >= 11 is 0. The van der Waals surface area contributed by atoms with E-state index in [1.807, 2.05) is 30.9 Å². The van der Waals surface area contributed by atoms with Gasteiger partial charge >= 0.3 is 6.03 Å². The van der Waals surface area contributed by atoms with E-state index in [9.17, 15) is 18.8 Å². The summed E-state index contributed by atoms with van der Waals surface area (Å²) in [5.41, 5.74) is 2.53. The highest BCUT2D eigenvalue weighted by Gasteiger charge is 2.26.